The van der Waals surface area contributed by atoms with Gasteiger partial charge in [-0.05, 0) is 35.7 Å². The van der Waals surface area contributed by atoms with Gasteiger partial charge in [-0.3, -0.25) is 19.5 Å². The molecular formula is C26H30N6O3S. The van der Waals surface area contributed by atoms with Gasteiger partial charge in [0.2, 0.25) is 5.91 Å². The quantitative estimate of drug-likeness (QED) is 0.342. The van der Waals surface area contributed by atoms with E-state index in [1.807, 2.05) is 39.0 Å². The highest BCUT2D eigenvalue weighted by atomic mass is 32.1. The van der Waals surface area contributed by atoms with Crippen molar-refractivity contribution in [3.05, 3.63) is 53.2 Å². The van der Waals surface area contributed by atoms with E-state index >= 15 is 0 Å². The average molecular weight is 507 g/mol. The highest BCUT2D eigenvalue weighted by molar-refractivity contribution is 7.17. The van der Waals surface area contributed by atoms with Gasteiger partial charge in [-0.15, -0.1) is 11.3 Å². The van der Waals surface area contributed by atoms with Gasteiger partial charge >= 0.3 is 0 Å². The molecule has 0 spiro atoms. The summed E-state index contributed by atoms with van der Waals surface area (Å²) in [6, 6.07) is 9.03. The first-order chi connectivity index (χ1) is 16.9. The molecule has 0 aliphatic heterocycles. The van der Waals surface area contributed by atoms with Crippen LogP contribution in [0.5, 0.6) is 0 Å². The summed E-state index contributed by atoms with van der Waals surface area (Å²) < 4.78 is 0. The van der Waals surface area contributed by atoms with Crippen molar-refractivity contribution in [1.82, 2.24) is 20.1 Å². The van der Waals surface area contributed by atoms with E-state index in [2.05, 4.69) is 20.5 Å². The van der Waals surface area contributed by atoms with E-state index in [-0.39, 0.29) is 23.1 Å². The van der Waals surface area contributed by atoms with E-state index in [1.54, 1.807) is 50.6 Å². The van der Waals surface area contributed by atoms with Crippen LogP contribution in [-0.2, 0) is 4.79 Å². The number of H-pyrrole nitrogens is 2. The maximum atomic E-state index is 13.1. The molecule has 0 unspecified atom stereocenters. The summed E-state index contributed by atoms with van der Waals surface area (Å²) in [6.45, 7) is 6.06. The number of anilines is 2. The van der Waals surface area contributed by atoms with E-state index in [4.69, 9.17) is 0 Å². The molecule has 36 heavy (non-hydrogen) atoms. The number of nitrogens with zero attached hydrogens (tertiary/aromatic N) is 3. The molecule has 0 radical (unpaired) electrons. The zero-order chi connectivity index (χ0) is 26.2. The fourth-order valence-corrected chi connectivity index (χ4v) is 4.71. The molecule has 3 aromatic heterocycles. The van der Waals surface area contributed by atoms with Crippen LogP contribution in [0.4, 0.5) is 11.5 Å². The number of hydrogen-bond donors (Lipinski definition) is 3. The van der Waals surface area contributed by atoms with Crippen molar-refractivity contribution >= 4 is 51.5 Å². The van der Waals surface area contributed by atoms with E-state index in [0.717, 1.165) is 10.4 Å². The molecule has 0 fully saturated rings. The molecule has 0 atom stereocenters. The molecule has 3 amide bonds. The van der Waals surface area contributed by atoms with Crippen molar-refractivity contribution in [3.8, 4) is 10.4 Å². The van der Waals surface area contributed by atoms with Crippen molar-refractivity contribution in [2.45, 2.75) is 27.2 Å². The fraction of sp³-hybridized carbons (Fsp3) is 0.308. The number of carbonyl (C=O) groups is 3. The smallest absolute Gasteiger partial charge is 0.266 e. The van der Waals surface area contributed by atoms with Crippen LogP contribution in [0.3, 0.4) is 0 Å². The predicted molar refractivity (Wildman–Crippen MR) is 144 cm³/mol. The molecule has 1 aromatic carbocycles. The molecule has 0 saturated carbocycles. The van der Waals surface area contributed by atoms with Crippen molar-refractivity contribution in [2.24, 2.45) is 5.41 Å². The largest absolute Gasteiger partial charge is 0.345 e. The number of hydrogen-bond acceptors (Lipinski definition) is 5. The molecule has 9 nitrogen and oxygen atoms in total. The molecule has 188 valence electrons. The van der Waals surface area contributed by atoms with Gasteiger partial charge in [0.05, 0.1) is 16.6 Å². The second kappa shape index (κ2) is 9.62. The predicted octanol–water partition coefficient (Wildman–Crippen LogP) is 4.97. The summed E-state index contributed by atoms with van der Waals surface area (Å²) >= 11 is 1.33. The zero-order valence-electron chi connectivity index (χ0n) is 21.2. The molecule has 4 rings (SSSR count). The lowest BCUT2D eigenvalue weighted by Crippen LogP contribution is -2.29. The van der Waals surface area contributed by atoms with Crippen LogP contribution in [0, 0.1) is 5.41 Å². The highest BCUT2D eigenvalue weighted by Crippen LogP contribution is 2.33. The van der Waals surface area contributed by atoms with Gasteiger partial charge in [0.15, 0.2) is 0 Å². The van der Waals surface area contributed by atoms with Crippen LogP contribution in [0.25, 0.3) is 21.3 Å². The number of fused-ring (bicyclic) bond motifs is 1. The standard InChI is InChI=1S/C26H30N6O3S/c1-26(2,3)12-21(33)32(6)16-7-8-17-18(11-16)29-23(22(17)25(35)31(4)5)30-24(34)20-10-9-19(36-20)15-13-27-28-14-15/h7-11,13-14,29H,12H2,1-6H3,(H,27,28)(H,30,34). The summed E-state index contributed by atoms with van der Waals surface area (Å²) in [5.74, 6) is -0.260. The Labute approximate surface area is 213 Å². The molecule has 3 heterocycles. The van der Waals surface area contributed by atoms with E-state index in [1.165, 1.54) is 16.2 Å². The van der Waals surface area contributed by atoms with Crippen LogP contribution in [-0.4, -0.2) is 58.9 Å². The van der Waals surface area contributed by atoms with Crippen LogP contribution in [0.1, 0.15) is 47.2 Å². The Kier molecular flexibility index (Phi) is 6.73. The number of aromatic nitrogens is 3. The Balaban J connectivity index is 1.67. The number of aromatic amines is 2. The monoisotopic (exact) mass is 506 g/mol. The van der Waals surface area contributed by atoms with Crippen molar-refractivity contribution in [1.29, 1.82) is 0 Å². The average Bonchev–Trinajstić information content (AvgIpc) is 3.55. The van der Waals surface area contributed by atoms with Crippen LogP contribution in [0.2, 0.25) is 0 Å². The lowest BCUT2D eigenvalue weighted by molar-refractivity contribution is -0.120. The van der Waals surface area contributed by atoms with Crippen molar-refractivity contribution < 1.29 is 14.4 Å². The van der Waals surface area contributed by atoms with Crippen LogP contribution < -0.4 is 10.2 Å². The van der Waals surface area contributed by atoms with Crippen LogP contribution >= 0.6 is 11.3 Å². The first kappa shape index (κ1) is 25.2. The van der Waals surface area contributed by atoms with E-state index in [9.17, 15) is 14.4 Å². The SMILES string of the molecule is CN(C)C(=O)c1c(NC(=O)c2ccc(-c3cn[nH]c3)s2)[nH]c2cc(N(C)C(=O)CC(C)(C)C)ccc12. The molecule has 0 aliphatic rings. The second-order valence-corrected chi connectivity index (χ2v) is 11.2. The van der Waals surface area contributed by atoms with Gasteiger partial charge in [-0.1, -0.05) is 20.8 Å². The Bertz CT molecular complexity index is 1430. The van der Waals surface area contributed by atoms with Gasteiger partial charge < -0.3 is 20.1 Å². The Morgan fingerprint density at radius 2 is 1.83 bits per heavy atom. The topological polar surface area (TPSA) is 114 Å². The summed E-state index contributed by atoms with van der Waals surface area (Å²) in [6.07, 6.45) is 3.86. The number of amides is 3. The number of thiophene rings is 1. The molecule has 0 bridgehead atoms. The van der Waals surface area contributed by atoms with Crippen molar-refractivity contribution in [3.63, 3.8) is 0 Å². The lowest BCUT2D eigenvalue weighted by Gasteiger charge is -2.23. The van der Waals surface area contributed by atoms with E-state index < -0.39 is 0 Å². The Morgan fingerprint density at radius 1 is 1.08 bits per heavy atom. The minimum absolute atomic E-state index is 0.00218. The summed E-state index contributed by atoms with van der Waals surface area (Å²) in [5, 5.41) is 10.3. The molecule has 10 heteroatoms. The number of carbonyl (C=O) groups excluding carboxylic acids is 3. The molecule has 0 saturated heterocycles. The number of rotatable bonds is 6. The van der Waals surface area contributed by atoms with Gasteiger partial charge in [0, 0.05) is 60.8 Å². The van der Waals surface area contributed by atoms with Crippen LogP contribution in [0.15, 0.2) is 42.7 Å². The number of benzene rings is 1. The summed E-state index contributed by atoms with van der Waals surface area (Å²) in [7, 11) is 5.06. The van der Waals surface area contributed by atoms with Gasteiger partial charge in [0.1, 0.15) is 5.82 Å². The van der Waals surface area contributed by atoms with Crippen molar-refractivity contribution in [2.75, 3.05) is 31.4 Å². The first-order valence-electron chi connectivity index (χ1n) is 11.5. The van der Waals surface area contributed by atoms with E-state index in [0.29, 0.717) is 39.3 Å². The van der Waals surface area contributed by atoms with Gasteiger partial charge in [-0.2, -0.15) is 5.10 Å². The summed E-state index contributed by atoms with van der Waals surface area (Å²) in [5.41, 5.74) is 2.47. The third-order valence-electron chi connectivity index (χ3n) is 5.70. The second-order valence-electron chi connectivity index (χ2n) is 10.1. The molecule has 3 N–H and O–H groups in total. The molecule has 0 aliphatic carbocycles. The molecular weight excluding hydrogens is 476 g/mol. The zero-order valence-corrected chi connectivity index (χ0v) is 22.0. The van der Waals surface area contributed by atoms with Gasteiger partial charge in [-0.25, -0.2) is 0 Å². The first-order valence-corrected chi connectivity index (χ1v) is 12.3. The third kappa shape index (κ3) is 5.18. The third-order valence-corrected chi connectivity index (χ3v) is 6.83. The normalized spacial score (nSPS) is 11.5. The van der Waals surface area contributed by atoms with Gasteiger partial charge in [0.25, 0.3) is 11.8 Å². The maximum absolute atomic E-state index is 13.1. The fourth-order valence-electron chi connectivity index (χ4n) is 3.83. The summed E-state index contributed by atoms with van der Waals surface area (Å²) in [4.78, 5) is 46.6. The number of nitrogens with one attached hydrogen (secondary N) is 3. The Morgan fingerprint density at radius 3 is 2.47 bits per heavy atom. The minimum atomic E-state index is -0.327. The highest BCUT2D eigenvalue weighted by Gasteiger charge is 2.24. The maximum Gasteiger partial charge on any atom is 0.266 e. The minimum Gasteiger partial charge on any atom is -0.345 e. The Hall–Kier alpha value is -3.92. The molecule has 4 aromatic rings. The lowest BCUT2D eigenvalue weighted by atomic mass is 9.91.